The first-order valence-electron chi connectivity index (χ1n) is 11.0. The number of halogens is 3. The number of fused-ring (bicyclic) bond motifs is 1. The van der Waals surface area contributed by atoms with Gasteiger partial charge in [0.2, 0.25) is 0 Å². The zero-order chi connectivity index (χ0) is 23.5. The number of amides is 2. The maximum atomic E-state index is 12.7. The van der Waals surface area contributed by atoms with E-state index < -0.39 is 0 Å². The van der Waals surface area contributed by atoms with Crippen molar-refractivity contribution in [2.24, 2.45) is 0 Å². The molecule has 2 heterocycles. The predicted molar refractivity (Wildman–Crippen MR) is 130 cm³/mol. The summed E-state index contributed by atoms with van der Waals surface area (Å²) in [5, 5.41) is 7.28. The molecule has 0 radical (unpaired) electrons. The van der Waals surface area contributed by atoms with Crippen molar-refractivity contribution in [1.82, 2.24) is 10.6 Å². The Morgan fingerprint density at radius 3 is 1.79 bits per heavy atom. The van der Waals surface area contributed by atoms with E-state index in [1.165, 1.54) is 5.69 Å². The number of carbonyl (C=O) groups is 2. The number of pyridine rings is 1. The van der Waals surface area contributed by atoms with E-state index >= 15 is 0 Å². The normalized spacial score (nSPS) is 12.0. The SMILES string of the molecule is Cc1c(CNC(=O)c2ccc(Cl)cc2)c(C)[n+]2c(c1CNC(=O)c1ccc(Cl)cc1)CCC2.[Cl-]. The molecule has 1 aliphatic rings. The summed E-state index contributed by atoms with van der Waals surface area (Å²) in [6.45, 7) is 5.96. The molecule has 0 aliphatic carbocycles. The van der Waals surface area contributed by atoms with E-state index in [9.17, 15) is 9.59 Å². The summed E-state index contributed by atoms with van der Waals surface area (Å²) in [6, 6.07) is 13.7. The molecule has 8 heteroatoms. The van der Waals surface area contributed by atoms with Gasteiger partial charge in [-0.1, -0.05) is 23.2 Å². The van der Waals surface area contributed by atoms with Crippen LogP contribution in [-0.2, 0) is 26.1 Å². The molecule has 0 saturated heterocycles. The van der Waals surface area contributed by atoms with Crippen molar-refractivity contribution < 1.29 is 26.6 Å². The van der Waals surface area contributed by atoms with Crippen LogP contribution in [0.15, 0.2) is 48.5 Å². The average Bonchev–Trinajstić information content (AvgIpc) is 3.29. The van der Waals surface area contributed by atoms with Gasteiger partial charge >= 0.3 is 0 Å². The van der Waals surface area contributed by atoms with Gasteiger partial charge in [0, 0.05) is 65.2 Å². The summed E-state index contributed by atoms with van der Waals surface area (Å²) >= 11 is 11.9. The Bertz CT molecular complexity index is 1210. The van der Waals surface area contributed by atoms with Gasteiger partial charge in [-0.2, -0.15) is 4.57 Å². The van der Waals surface area contributed by atoms with E-state index in [-0.39, 0.29) is 24.2 Å². The van der Waals surface area contributed by atoms with Crippen LogP contribution in [0.2, 0.25) is 10.0 Å². The van der Waals surface area contributed by atoms with Crippen LogP contribution in [0.3, 0.4) is 0 Å². The smallest absolute Gasteiger partial charge is 0.251 e. The molecular weight excluding hydrogens is 493 g/mol. The minimum Gasteiger partial charge on any atom is -1.00 e. The number of nitrogens with zero attached hydrogens (tertiary/aromatic N) is 1. The molecule has 0 bridgehead atoms. The third-order valence-corrected chi connectivity index (χ3v) is 6.78. The summed E-state index contributed by atoms with van der Waals surface area (Å²) in [4.78, 5) is 25.3. The highest BCUT2D eigenvalue weighted by atomic mass is 35.5. The van der Waals surface area contributed by atoms with Gasteiger partial charge in [0.15, 0.2) is 11.4 Å². The topological polar surface area (TPSA) is 62.1 Å². The first kappa shape index (κ1) is 26.0. The van der Waals surface area contributed by atoms with Gasteiger partial charge in [0.05, 0.1) is 0 Å². The fourth-order valence-corrected chi connectivity index (χ4v) is 4.68. The second-order valence-corrected chi connectivity index (χ2v) is 9.12. The van der Waals surface area contributed by atoms with Crippen LogP contribution in [0.25, 0.3) is 0 Å². The van der Waals surface area contributed by atoms with Crippen molar-refractivity contribution in [3.63, 3.8) is 0 Å². The minimum atomic E-state index is -0.145. The monoisotopic (exact) mass is 517 g/mol. The second-order valence-electron chi connectivity index (χ2n) is 8.25. The highest BCUT2D eigenvalue weighted by Crippen LogP contribution is 2.23. The Kier molecular flexibility index (Phi) is 8.58. The van der Waals surface area contributed by atoms with Gasteiger partial charge in [0.1, 0.15) is 6.54 Å². The number of rotatable bonds is 6. The molecule has 2 N–H and O–H groups in total. The Balaban J connectivity index is 0.00000324. The third-order valence-electron chi connectivity index (χ3n) is 6.28. The molecule has 1 aliphatic heterocycles. The van der Waals surface area contributed by atoms with Gasteiger partial charge in [0.25, 0.3) is 11.8 Å². The van der Waals surface area contributed by atoms with E-state index in [0.29, 0.717) is 34.3 Å². The molecular formula is C26H26Cl3N3O2. The van der Waals surface area contributed by atoms with Crippen molar-refractivity contribution in [3.8, 4) is 0 Å². The van der Waals surface area contributed by atoms with Crippen molar-refractivity contribution >= 4 is 35.0 Å². The van der Waals surface area contributed by atoms with Crippen molar-refractivity contribution in [3.05, 3.63) is 97.8 Å². The van der Waals surface area contributed by atoms with Crippen LogP contribution < -0.4 is 27.6 Å². The van der Waals surface area contributed by atoms with E-state index in [4.69, 9.17) is 23.2 Å². The fraction of sp³-hybridized carbons (Fsp3) is 0.269. The van der Waals surface area contributed by atoms with Gasteiger partial charge in [-0.3, -0.25) is 9.59 Å². The van der Waals surface area contributed by atoms with Crippen LogP contribution in [0.4, 0.5) is 0 Å². The summed E-state index contributed by atoms with van der Waals surface area (Å²) in [6.07, 6.45) is 2.05. The van der Waals surface area contributed by atoms with Crippen molar-refractivity contribution in [1.29, 1.82) is 0 Å². The molecule has 4 rings (SSSR count). The van der Waals surface area contributed by atoms with Crippen LogP contribution in [0, 0.1) is 13.8 Å². The molecule has 178 valence electrons. The quantitative estimate of drug-likeness (QED) is 0.488. The lowest BCUT2D eigenvalue weighted by Gasteiger charge is -2.16. The molecule has 0 fully saturated rings. The van der Waals surface area contributed by atoms with Gasteiger partial charge in [-0.05, 0) is 61.0 Å². The van der Waals surface area contributed by atoms with E-state index in [2.05, 4.69) is 29.0 Å². The fourth-order valence-electron chi connectivity index (χ4n) is 4.43. The molecule has 0 atom stereocenters. The highest BCUT2D eigenvalue weighted by Gasteiger charge is 2.30. The second kappa shape index (κ2) is 11.2. The molecule has 34 heavy (non-hydrogen) atoms. The number of hydrogen-bond acceptors (Lipinski definition) is 2. The predicted octanol–water partition coefficient (Wildman–Crippen LogP) is 1.71. The lowest BCUT2D eigenvalue weighted by molar-refractivity contribution is -0.697. The molecule has 2 amide bonds. The average molecular weight is 519 g/mol. The number of hydrogen-bond donors (Lipinski definition) is 2. The molecule has 0 spiro atoms. The van der Waals surface area contributed by atoms with Crippen LogP contribution in [0.1, 0.15) is 55.2 Å². The maximum absolute atomic E-state index is 12.7. The van der Waals surface area contributed by atoms with Crippen molar-refractivity contribution in [2.45, 2.75) is 46.3 Å². The number of benzene rings is 2. The highest BCUT2D eigenvalue weighted by molar-refractivity contribution is 6.31. The first-order valence-corrected chi connectivity index (χ1v) is 11.7. The molecule has 1 aromatic heterocycles. The number of carbonyl (C=O) groups excluding carboxylic acids is 2. The van der Waals surface area contributed by atoms with E-state index in [1.54, 1.807) is 48.5 Å². The van der Waals surface area contributed by atoms with Gasteiger partial charge < -0.3 is 23.0 Å². The lowest BCUT2D eigenvalue weighted by atomic mass is 9.98. The van der Waals surface area contributed by atoms with Gasteiger partial charge in [-0.25, -0.2) is 0 Å². The van der Waals surface area contributed by atoms with Crippen molar-refractivity contribution in [2.75, 3.05) is 0 Å². The van der Waals surface area contributed by atoms with Crippen LogP contribution in [-0.4, -0.2) is 11.8 Å². The standard InChI is InChI=1S/C26H25Cl2N3O2.ClH/c1-16-22(14-29-25(32)18-5-9-20(27)10-6-18)17(2)31-13-3-4-24(31)23(16)15-30-26(33)19-7-11-21(28)12-8-19;/h5-12H,3-4,13-15H2,1-2H3,(H-,29,30,32,33);1H. The Morgan fingerprint density at radius 1 is 0.824 bits per heavy atom. The zero-order valence-corrected chi connectivity index (χ0v) is 21.3. The summed E-state index contributed by atoms with van der Waals surface area (Å²) in [7, 11) is 0. The molecule has 2 aromatic carbocycles. The first-order chi connectivity index (χ1) is 15.8. The molecule has 5 nitrogen and oxygen atoms in total. The molecule has 0 unspecified atom stereocenters. The summed E-state index contributed by atoms with van der Waals surface area (Å²) in [5.41, 5.74) is 6.87. The maximum Gasteiger partial charge on any atom is 0.251 e. The van der Waals surface area contributed by atoms with E-state index in [1.807, 2.05) is 0 Å². The van der Waals surface area contributed by atoms with Crippen LogP contribution >= 0.6 is 23.2 Å². The van der Waals surface area contributed by atoms with E-state index in [0.717, 1.165) is 41.8 Å². The third kappa shape index (κ3) is 5.54. The minimum absolute atomic E-state index is 0. The Labute approximate surface area is 215 Å². The number of nitrogens with one attached hydrogen (secondary N) is 2. The van der Waals surface area contributed by atoms with Crippen LogP contribution in [0.5, 0.6) is 0 Å². The zero-order valence-electron chi connectivity index (χ0n) is 19.1. The summed E-state index contributed by atoms with van der Waals surface area (Å²) in [5.74, 6) is -0.283. The summed E-state index contributed by atoms with van der Waals surface area (Å²) < 4.78 is 2.32. The molecule has 0 saturated carbocycles. The van der Waals surface area contributed by atoms with Gasteiger partial charge in [-0.15, -0.1) is 0 Å². The Hall–Kier alpha value is -2.60. The largest absolute Gasteiger partial charge is 1.00 e. The lowest BCUT2D eigenvalue weighted by Crippen LogP contribution is -3.00. The number of aromatic nitrogens is 1. The molecule has 3 aromatic rings. The Morgan fingerprint density at radius 2 is 1.29 bits per heavy atom.